The van der Waals surface area contributed by atoms with Crippen LogP contribution in [0.2, 0.25) is 0 Å². The summed E-state index contributed by atoms with van der Waals surface area (Å²) in [4.78, 5) is 24.9. The molecule has 4 nitrogen and oxygen atoms in total. The Hall–Kier alpha value is -1.50. The Morgan fingerprint density at radius 1 is 1.35 bits per heavy atom. The minimum absolute atomic E-state index is 0.0414. The fourth-order valence-electron chi connectivity index (χ4n) is 2.12. The molecule has 1 aliphatic rings. The third-order valence-electron chi connectivity index (χ3n) is 3.06. The Morgan fingerprint density at radius 2 is 2.05 bits per heavy atom. The minimum atomic E-state index is -0.871. The zero-order valence-electron chi connectivity index (χ0n) is 10.8. The molecule has 20 heavy (non-hydrogen) atoms. The van der Waals surface area contributed by atoms with Crippen molar-refractivity contribution in [2.75, 3.05) is 11.4 Å². The molecule has 1 saturated heterocycles. The minimum Gasteiger partial charge on any atom is -0.343 e. The smallest absolute Gasteiger partial charge is 0.250 e. The zero-order valence-corrected chi connectivity index (χ0v) is 12.3. The maximum atomic E-state index is 13.8. The third kappa shape index (κ3) is 2.82. The molecule has 108 valence electrons. The number of nitrogens with zero attached hydrogens (tertiary/aromatic N) is 1. The topological polar surface area (TPSA) is 49.4 Å². The first kappa shape index (κ1) is 14.9. The second-order valence-electron chi connectivity index (χ2n) is 4.55. The number of anilines is 1. The van der Waals surface area contributed by atoms with Crippen LogP contribution >= 0.6 is 15.9 Å². The van der Waals surface area contributed by atoms with Crippen LogP contribution in [-0.2, 0) is 9.59 Å². The highest BCUT2D eigenvalue weighted by Crippen LogP contribution is 2.28. The van der Waals surface area contributed by atoms with Gasteiger partial charge in [-0.25, -0.2) is 8.78 Å². The van der Waals surface area contributed by atoms with Crippen LogP contribution in [0.5, 0.6) is 0 Å². The molecule has 0 aliphatic carbocycles. The number of hydrogen-bond acceptors (Lipinski definition) is 2. The summed E-state index contributed by atoms with van der Waals surface area (Å²) < 4.78 is 27.1. The van der Waals surface area contributed by atoms with E-state index >= 15 is 0 Å². The number of carbonyl (C=O) groups excluding carboxylic acids is 2. The lowest BCUT2D eigenvalue weighted by atomic mass is 10.1. The van der Waals surface area contributed by atoms with Gasteiger partial charge < -0.3 is 5.32 Å². The van der Waals surface area contributed by atoms with Gasteiger partial charge in [0, 0.05) is 6.07 Å². The molecule has 7 heteroatoms. The van der Waals surface area contributed by atoms with Crippen molar-refractivity contribution in [2.45, 2.75) is 25.8 Å². The first-order valence-corrected chi connectivity index (χ1v) is 6.98. The van der Waals surface area contributed by atoms with E-state index < -0.39 is 17.7 Å². The molecule has 2 amide bonds. The highest BCUT2D eigenvalue weighted by molar-refractivity contribution is 9.10. The van der Waals surface area contributed by atoms with Gasteiger partial charge in [0.15, 0.2) is 0 Å². The largest absolute Gasteiger partial charge is 0.343 e. The molecule has 1 heterocycles. The van der Waals surface area contributed by atoms with Crippen molar-refractivity contribution in [3.8, 4) is 0 Å². The lowest BCUT2D eigenvalue weighted by molar-refractivity contribution is -0.131. The average molecular weight is 347 g/mol. The summed E-state index contributed by atoms with van der Waals surface area (Å²) in [5.41, 5.74) is -0.0979. The fraction of sp³-hybridized carbons (Fsp3) is 0.385. The first-order valence-electron chi connectivity index (χ1n) is 6.19. The number of hydrogen-bond donors (Lipinski definition) is 1. The van der Waals surface area contributed by atoms with Gasteiger partial charge in [0.25, 0.3) is 0 Å². The molecule has 0 bridgehead atoms. The predicted molar refractivity (Wildman–Crippen MR) is 73.2 cm³/mol. The Balaban J connectivity index is 2.37. The number of rotatable bonds is 3. The second-order valence-corrected chi connectivity index (χ2v) is 5.41. The van der Waals surface area contributed by atoms with Gasteiger partial charge in [-0.05, 0) is 28.4 Å². The predicted octanol–water partition coefficient (Wildman–Crippen LogP) is 2.36. The van der Waals surface area contributed by atoms with Crippen molar-refractivity contribution < 1.29 is 18.4 Å². The molecule has 1 aromatic carbocycles. The van der Waals surface area contributed by atoms with Crippen LogP contribution in [-0.4, -0.2) is 24.4 Å². The maximum Gasteiger partial charge on any atom is 0.250 e. The summed E-state index contributed by atoms with van der Waals surface area (Å²) in [6, 6.07) is 1.20. The van der Waals surface area contributed by atoms with Crippen LogP contribution in [0.25, 0.3) is 0 Å². The van der Waals surface area contributed by atoms with Gasteiger partial charge in [0.1, 0.15) is 24.2 Å². The number of halogens is 3. The molecule has 0 radical (unpaired) electrons. The summed E-state index contributed by atoms with van der Waals surface area (Å²) in [7, 11) is 0. The average Bonchev–Trinajstić information content (AvgIpc) is 2.38. The van der Waals surface area contributed by atoms with E-state index in [1.165, 1.54) is 6.07 Å². The van der Waals surface area contributed by atoms with Crippen molar-refractivity contribution in [2.24, 2.45) is 0 Å². The molecule has 1 N–H and O–H groups in total. The Bertz CT molecular complexity index is 566. The zero-order chi connectivity index (χ0) is 14.9. The van der Waals surface area contributed by atoms with E-state index in [1.807, 2.05) is 6.92 Å². The number of amides is 2. The van der Waals surface area contributed by atoms with Crippen LogP contribution in [0, 0.1) is 11.6 Å². The third-order valence-corrected chi connectivity index (χ3v) is 3.67. The van der Waals surface area contributed by atoms with Crippen LogP contribution < -0.4 is 10.2 Å². The highest BCUT2D eigenvalue weighted by Gasteiger charge is 2.34. The van der Waals surface area contributed by atoms with Crippen molar-refractivity contribution in [1.29, 1.82) is 0 Å². The summed E-state index contributed by atoms with van der Waals surface area (Å²) in [6.45, 7) is 1.61. The second kappa shape index (κ2) is 5.87. The summed E-state index contributed by atoms with van der Waals surface area (Å²) in [5, 5.41) is 2.57. The molecule has 1 unspecified atom stereocenters. The van der Waals surface area contributed by atoms with Gasteiger partial charge in [-0.2, -0.15) is 0 Å². The van der Waals surface area contributed by atoms with E-state index in [-0.39, 0.29) is 28.5 Å². The van der Waals surface area contributed by atoms with Crippen molar-refractivity contribution >= 4 is 33.4 Å². The fourth-order valence-corrected chi connectivity index (χ4v) is 2.45. The molecule has 1 aromatic rings. The van der Waals surface area contributed by atoms with E-state index in [0.29, 0.717) is 18.9 Å². The van der Waals surface area contributed by atoms with Gasteiger partial charge in [-0.3, -0.25) is 14.5 Å². The summed E-state index contributed by atoms with van der Waals surface area (Å²) in [6.07, 6.45) is 1.19. The van der Waals surface area contributed by atoms with Crippen molar-refractivity contribution in [3.63, 3.8) is 0 Å². The molecule has 0 aromatic heterocycles. The van der Waals surface area contributed by atoms with E-state index in [4.69, 9.17) is 0 Å². The monoisotopic (exact) mass is 346 g/mol. The molecule has 2 rings (SSSR count). The molecule has 1 atom stereocenters. The Morgan fingerprint density at radius 3 is 2.70 bits per heavy atom. The molecular formula is C13H13BrF2N2O2. The van der Waals surface area contributed by atoms with E-state index in [0.717, 1.165) is 4.90 Å². The van der Waals surface area contributed by atoms with Crippen LogP contribution in [0.1, 0.15) is 19.8 Å². The quantitative estimate of drug-likeness (QED) is 0.854. The maximum absolute atomic E-state index is 13.8. The Kier molecular flexibility index (Phi) is 4.37. The standard InChI is InChI=1S/C13H13BrF2N2O2/c1-2-3-10-13(20)18(6-12(19)17-10)11-4-7(14)8(15)5-9(11)16/h4-5,10H,2-3,6H2,1H3,(H,17,19). The van der Waals surface area contributed by atoms with E-state index in [9.17, 15) is 18.4 Å². The molecular weight excluding hydrogens is 334 g/mol. The van der Waals surface area contributed by atoms with Gasteiger partial charge in [0.05, 0.1) is 10.2 Å². The van der Waals surface area contributed by atoms with Gasteiger partial charge >= 0.3 is 0 Å². The number of piperazine rings is 1. The molecule has 0 saturated carbocycles. The van der Waals surface area contributed by atoms with Crippen LogP contribution in [0.4, 0.5) is 14.5 Å². The van der Waals surface area contributed by atoms with E-state index in [2.05, 4.69) is 21.2 Å². The Labute approximate surface area is 123 Å². The molecule has 0 spiro atoms. The number of carbonyl (C=O) groups is 2. The van der Waals surface area contributed by atoms with Crippen molar-refractivity contribution in [3.05, 3.63) is 28.2 Å². The molecule has 1 fully saturated rings. The normalized spacial score (nSPS) is 19.2. The van der Waals surface area contributed by atoms with E-state index in [1.54, 1.807) is 0 Å². The first-order chi connectivity index (χ1) is 9.43. The molecule has 1 aliphatic heterocycles. The van der Waals surface area contributed by atoms with Crippen LogP contribution in [0.3, 0.4) is 0 Å². The lowest BCUT2D eigenvalue weighted by Crippen LogP contribution is -2.58. The number of benzene rings is 1. The number of nitrogens with one attached hydrogen (secondary N) is 1. The highest BCUT2D eigenvalue weighted by atomic mass is 79.9. The van der Waals surface area contributed by atoms with Gasteiger partial charge in [-0.15, -0.1) is 0 Å². The lowest BCUT2D eigenvalue weighted by Gasteiger charge is -2.32. The summed E-state index contributed by atoms with van der Waals surface area (Å²) in [5.74, 6) is -2.37. The van der Waals surface area contributed by atoms with Gasteiger partial charge in [0.2, 0.25) is 11.8 Å². The van der Waals surface area contributed by atoms with Gasteiger partial charge in [-0.1, -0.05) is 13.3 Å². The van der Waals surface area contributed by atoms with Crippen LogP contribution in [0.15, 0.2) is 16.6 Å². The SMILES string of the molecule is CCCC1NC(=O)CN(c2cc(Br)c(F)cc2F)C1=O. The summed E-state index contributed by atoms with van der Waals surface area (Å²) >= 11 is 2.95. The van der Waals surface area contributed by atoms with Crippen molar-refractivity contribution in [1.82, 2.24) is 5.32 Å².